The summed E-state index contributed by atoms with van der Waals surface area (Å²) in [4.78, 5) is 32.1. The molecule has 0 aliphatic carbocycles. The Labute approximate surface area is 145 Å². The minimum absolute atomic E-state index is 0.0936. The molecule has 0 bridgehead atoms. The number of carbonyl (C=O) groups is 1. The van der Waals surface area contributed by atoms with E-state index in [1.807, 2.05) is 0 Å². The number of nitrogens with zero attached hydrogens (tertiary/aromatic N) is 2. The summed E-state index contributed by atoms with van der Waals surface area (Å²) in [6.45, 7) is 0.0936. The third-order valence-corrected chi connectivity index (χ3v) is 3.33. The smallest absolute Gasteiger partial charge is 0.337 e. The lowest BCUT2D eigenvalue weighted by Gasteiger charge is -2.10. The molecule has 0 unspecified atom stereocenters. The highest BCUT2D eigenvalue weighted by Crippen LogP contribution is 2.34. The van der Waals surface area contributed by atoms with Gasteiger partial charge < -0.3 is 14.8 Å². The van der Waals surface area contributed by atoms with Crippen LogP contribution in [0.15, 0.2) is 36.4 Å². The molecule has 1 aliphatic heterocycles. The van der Waals surface area contributed by atoms with Gasteiger partial charge in [0, 0.05) is 17.8 Å². The molecule has 2 amide bonds. The SMILES string of the molecule is O=C(NNc1ccc([N+](=O)[O-])cc1[N+](=O)[O-])Nc1ccc2c(c1)OCO2. The van der Waals surface area contributed by atoms with E-state index in [1.54, 1.807) is 18.2 Å². The Hall–Kier alpha value is -4.09. The van der Waals surface area contributed by atoms with Gasteiger partial charge in [-0.05, 0) is 18.2 Å². The maximum absolute atomic E-state index is 11.9. The summed E-state index contributed by atoms with van der Waals surface area (Å²) >= 11 is 0. The second-order valence-electron chi connectivity index (χ2n) is 4.99. The number of hydrogen-bond acceptors (Lipinski definition) is 8. The van der Waals surface area contributed by atoms with Crippen molar-refractivity contribution in [3.05, 3.63) is 56.6 Å². The second-order valence-corrected chi connectivity index (χ2v) is 4.99. The van der Waals surface area contributed by atoms with Crippen molar-refractivity contribution < 1.29 is 24.1 Å². The molecule has 2 aromatic carbocycles. The van der Waals surface area contributed by atoms with Gasteiger partial charge in [0.2, 0.25) is 6.79 Å². The number of ether oxygens (including phenoxy) is 2. The van der Waals surface area contributed by atoms with Gasteiger partial charge in [-0.25, -0.2) is 4.79 Å². The number of benzene rings is 2. The molecule has 1 aliphatic rings. The zero-order chi connectivity index (χ0) is 18.7. The Balaban J connectivity index is 1.66. The van der Waals surface area contributed by atoms with E-state index in [1.165, 1.54) is 0 Å². The lowest BCUT2D eigenvalue weighted by atomic mass is 10.2. The van der Waals surface area contributed by atoms with E-state index in [9.17, 15) is 25.0 Å². The summed E-state index contributed by atoms with van der Waals surface area (Å²) in [5, 5.41) is 24.2. The van der Waals surface area contributed by atoms with E-state index in [0.29, 0.717) is 17.2 Å². The lowest BCUT2D eigenvalue weighted by molar-refractivity contribution is -0.393. The first-order valence-corrected chi connectivity index (χ1v) is 7.09. The Bertz CT molecular complexity index is 901. The van der Waals surface area contributed by atoms with Crippen LogP contribution >= 0.6 is 0 Å². The molecular weight excluding hydrogens is 350 g/mol. The molecule has 3 rings (SSSR count). The number of amides is 2. The van der Waals surface area contributed by atoms with Gasteiger partial charge in [0.1, 0.15) is 5.69 Å². The van der Waals surface area contributed by atoms with Crippen LogP contribution < -0.4 is 25.6 Å². The van der Waals surface area contributed by atoms with Crippen molar-refractivity contribution in [1.29, 1.82) is 0 Å². The molecule has 26 heavy (non-hydrogen) atoms. The van der Waals surface area contributed by atoms with Crippen LogP contribution in [0.3, 0.4) is 0 Å². The quantitative estimate of drug-likeness (QED) is 0.541. The summed E-state index contributed by atoms with van der Waals surface area (Å²) in [5.74, 6) is 1.03. The van der Waals surface area contributed by atoms with Crippen molar-refractivity contribution in [3.8, 4) is 11.5 Å². The predicted octanol–water partition coefficient (Wildman–Crippen LogP) is 2.38. The highest BCUT2D eigenvalue weighted by Gasteiger charge is 2.20. The topological polar surface area (TPSA) is 158 Å². The van der Waals surface area contributed by atoms with Crippen molar-refractivity contribution in [2.24, 2.45) is 0 Å². The van der Waals surface area contributed by atoms with Crippen LogP contribution in [0.2, 0.25) is 0 Å². The lowest BCUT2D eigenvalue weighted by Crippen LogP contribution is -2.33. The van der Waals surface area contributed by atoms with Gasteiger partial charge >= 0.3 is 11.7 Å². The van der Waals surface area contributed by atoms with Crippen molar-refractivity contribution in [3.63, 3.8) is 0 Å². The van der Waals surface area contributed by atoms with Crippen molar-refractivity contribution in [2.75, 3.05) is 17.5 Å². The van der Waals surface area contributed by atoms with Crippen LogP contribution in [0, 0.1) is 20.2 Å². The van der Waals surface area contributed by atoms with Gasteiger partial charge in [-0.2, -0.15) is 0 Å². The number of carbonyl (C=O) groups excluding carboxylic acids is 1. The van der Waals surface area contributed by atoms with Gasteiger partial charge in [-0.1, -0.05) is 0 Å². The highest BCUT2D eigenvalue weighted by molar-refractivity contribution is 5.90. The van der Waals surface area contributed by atoms with Gasteiger partial charge in [-0.3, -0.25) is 31.1 Å². The molecule has 12 heteroatoms. The molecule has 0 saturated carbocycles. The van der Waals surface area contributed by atoms with Crippen molar-refractivity contribution in [2.45, 2.75) is 0 Å². The van der Waals surface area contributed by atoms with Gasteiger partial charge in [-0.15, -0.1) is 0 Å². The van der Waals surface area contributed by atoms with Crippen molar-refractivity contribution >= 4 is 28.8 Å². The van der Waals surface area contributed by atoms with Crippen LogP contribution in [0.1, 0.15) is 0 Å². The van der Waals surface area contributed by atoms with E-state index in [4.69, 9.17) is 9.47 Å². The maximum Gasteiger partial charge on any atom is 0.337 e. The van der Waals surface area contributed by atoms with Crippen molar-refractivity contribution in [1.82, 2.24) is 5.43 Å². The zero-order valence-electron chi connectivity index (χ0n) is 12.9. The molecule has 0 radical (unpaired) electrons. The minimum atomic E-state index is -0.799. The molecule has 0 spiro atoms. The molecule has 0 fully saturated rings. The summed E-state index contributed by atoms with van der Waals surface area (Å²) < 4.78 is 10.3. The highest BCUT2D eigenvalue weighted by atomic mass is 16.7. The monoisotopic (exact) mass is 361 g/mol. The first-order chi connectivity index (χ1) is 12.4. The Morgan fingerprint density at radius 1 is 1.00 bits per heavy atom. The molecule has 0 atom stereocenters. The number of nitro benzene ring substituents is 2. The third kappa shape index (κ3) is 3.53. The third-order valence-electron chi connectivity index (χ3n) is 3.33. The summed E-state index contributed by atoms with van der Waals surface area (Å²) in [6, 6.07) is 7.03. The summed E-state index contributed by atoms with van der Waals surface area (Å²) in [6.07, 6.45) is 0. The number of non-ortho nitro benzene ring substituents is 1. The van der Waals surface area contributed by atoms with E-state index < -0.39 is 27.3 Å². The Kier molecular flexibility index (Phi) is 4.38. The normalized spacial score (nSPS) is 11.5. The minimum Gasteiger partial charge on any atom is -0.454 e. The number of hydrogen-bond donors (Lipinski definition) is 3. The van der Waals surface area contributed by atoms with Crippen LogP contribution in [0.25, 0.3) is 0 Å². The number of fused-ring (bicyclic) bond motifs is 1. The Morgan fingerprint density at radius 2 is 1.77 bits per heavy atom. The largest absolute Gasteiger partial charge is 0.454 e. The van der Waals surface area contributed by atoms with E-state index in [-0.39, 0.29) is 12.5 Å². The molecule has 0 saturated heterocycles. The first-order valence-electron chi connectivity index (χ1n) is 7.09. The van der Waals surface area contributed by atoms with Crippen LogP contribution in [0.4, 0.5) is 27.5 Å². The fourth-order valence-electron chi connectivity index (χ4n) is 2.15. The van der Waals surface area contributed by atoms with Gasteiger partial charge in [0.15, 0.2) is 11.5 Å². The first kappa shape index (κ1) is 16.8. The fourth-order valence-corrected chi connectivity index (χ4v) is 2.15. The fraction of sp³-hybridized carbons (Fsp3) is 0.0714. The second kappa shape index (κ2) is 6.80. The van der Waals surface area contributed by atoms with E-state index in [0.717, 1.165) is 18.2 Å². The predicted molar refractivity (Wildman–Crippen MR) is 88.1 cm³/mol. The number of rotatable bonds is 5. The average molecular weight is 361 g/mol. The number of nitrogens with one attached hydrogen (secondary N) is 3. The van der Waals surface area contributed by atoms with Gasteiger partial charge in [0.05, 0.1) is 15.9 Å². The number of anilines is 2. The van der Waals surface area contributed by atoms with E-state index >= 15 is 0 Å². The number of nitro groups is 2. The molecular formula is C14H11N5O7. The summed E-state index contributed by atoms with van der Waals surface area (Å²) in [5.41, 5.74) is 3.87. The molecule has 12 nitrogen and oxygen atoms in total. The molecule has 134 valence electrons. The standard InChI is InChI=1S/C14H11N5O7/c20-14(15-8-1-4-12-13(5-8)26-7-25-12)17-16-10-3-2-9(18(21)22)6-11(10)19(23)24/h1-6,16H,7H2,(H2,15,17,20). The van der Waals surface area contributed by atoms with Crippen LogP contribution in [0.5, 0.6) is 11.5 Å². The van der Waals surface area contributed by atoms with E-state index in [2.05, 4.69) is 16.2 Å². The summed E-state index contributed by atoms with van der Waals surface area (Å²) in [7, 11) is 0. The van der Waals surface area contributed by atoms with Gasteiger partial charge in [0.25, 0.3) is 5.69 Å². The number of urea groups is 1. The average Bonchev–Trinajstić information content (AvgIpc) is 3.07. The number of hydrazine groups is 1. The zero-order valence-corrected chi connectivity index (χ0v) is 12.9. The maximum atomic E-state index is 11.9. The van der Waals surface area contributed by atoms with Crippen LogP contribution in [-0.2, 0) is 0 Å². The molecule has 3 N–H and O–H groups in total. The molecule has 0 aromatic heterocycles. The Morgan fingerprint density at radius 3 is 2.50 bits per heavy atom. The van der Waals surface area contributed by atoms with Crippen LogP contribution in [-0.4, -0.2) is 22.7 Å². The molecule has 1 heterocycles. The molecule has 2 aromatic rings.